The fraction of sp³-hybridized carbons (Fsp3) is 0.440. The molecule has 0 unspecified atom stereocenters. The number of thioether (sulfide) groups is 1. The summed E-state index contributed by atoms with van der Waals surface area (Å²) in [6.07, 6.45) is 0. The van der Waals surface area contributed by atoms with Gasteiger partial charge in [0.05, 0.1) is 5.75 Å². The van der Waals surface area contributed by atoms with Crippen LogP contribution in [0.5, 0.6) is 0 Å². The molecule has 2 rings (SSSR count). The third-order valence-electron chi connectivity index (χ3n) is 4.83. The lowest BCUT2D eigenvalue weighted by Gasteiger charge is -2.32. The van der Waals surface area contributed by atoms with Gasteiger partial charge in [0.15, 0.2) is 0 Å². The van der Waals surface area contributed by atoms with Crippen molar-refractivity contribution in [3.63, 3.8) is 0 Å². The molecule has 0 saturated carbocycles. The summed E-state index contributed by atoms with van der Waals surface area (Å²) in [5, 5.41) is 3.91. The van der Waals surface area contributed by atoms with Crippen LogP contribution in [0.25, 0.3) is 0 Å². The van der Waals surface area contributed by atoms with E-state index >= 15 is 0 Å². The summed E-state index contributed by atoms with van der Waals surface area (Å²) in [5.74, 6) is 0.625. The number of nitrogens with zero attached hydrogens (tertiary/aromatic N) is 1. The molecule has 0 aliphatic carbocycles. The van der Waals surface area contributed by atoms with Gasteiger partial charge in [-0.3, -0.25) is 9.59 Å². The van der Waals surface area contributed by atoms with Gasteiger partial charge in [0, 0.05) is 33.4 Å². The lowest BCUT2D eigenvalue weighted by molar-refractivity contribution is -0.139. The highest BCUT2D eigenvalue weighted by Crippen LogP contribution is 2.27. The van der Waals surface area contributed by atoms with E-state index in [4.69, 9.17) is 23.2 Å². The van der Waals surface area contributed by atoms with Crippen LogP contribution in [-0.4, -0.2) is 34.0 Å². The summed E-state index contributed by atoms with van der Waals surface area (Å²) in [7, 11) is 0. The van der Waals surface area contributed by atoms with Crippen LogP contribution in [0, 0.1) is 13.8 Å². The minimum Gasteiger partial charge on any atom is -0.350 e. The van der Waals surface area contributed by atoms with Gasteiger partial charge in [0.25, 0.3) is 0 Å². The molecule has 0 bridgehead atoms. The number of aryl methyl sites for hydroxylation is 2. The monoisotopic (exact) mass is 494 g/mol. The molecule has 2 aromatic rings. The maximum absolute atomic E-state index is 13.2. The predicted octanol–water partition coefficient (Wildman–Crippen LogP) is 6.18. The Balaban J connectivity index is 2.18. The second kappa shape index (κ2) is 11.4. The van der Waals surface area contributed by atoms with Crippen molar-refractivity contribution in [2.45, 2.75) is 65.4 Å². The second-order valence-corrected chi connectivity index (χ2v) is 10.9. The number of hydrogen-bond donors (Lipinski definition) is 1. The van der Waals surface area contributed by atoms with Gasteiger partial charge in [0.1, 0.15) is 6.04 Å². The van der Waals surface area contributed by atoms with Crippen LogP contribution in [0.3, 0.4) is 0 Å². The van der Waals surface area contributed by atoms with Crippen molar-refractivity contribution < 1.29 is 9.59 Å². The number of carbonyl (C=O) groups excluding carboxylic acids is 2. The first-order valence-corrected chi connectivity index (χ1v) is 12.5. The Morgan fingerprint density at radius 1 is 1.06 bits per heavy atom. The summed E-state index contributed by atoms with van der Waals surface area (Å²) < 4.78 is 0. The van der Waals surface area contributed by atoms with Gasteiger partial charge in [-0.25, -0.2) is 0 Å². The zero-order valence-corrected chi connectivity index (χ0v) is 21.9. The maximum atomic E-state index is 13.2. The van der Waals surface area contributed by atoms with Gasteiger partial charge < -0.3 is 10.2 Å². The number of halogens is 2. The first-order valence-electron chi connectivity index (χ1n) is 10.6. The number of rotatable bonds is 8. The molecule has 0 radical (unpaired) electrons. The van der Waals surface area contributed by atoms with E-state index in [0.29, 0.717) is 15.6 Å². The molecule has 0 spiro atoms. The van der Waals surface area contributed by atoms with Crippen molar-refractivity contribution in [3.8, 4) is 0 Å². The van der Waals surface area contributed by atoms with Gasteiger partial charge in [0.2, 0.25) is 11.8 Å². The summed E-state index contributed by atoms with van der Waals surface area (Å²) in [4.78, 5) is 27.7. The molecule has 4 nitrogen and oxygen atoms in total. The molecule has 0 fully saturated rings. The van der Waals surface area contributed by atoms with E-state index in [1.165, 1.54) is 28.5 Å². The average molecular weight is 496 g/mol. The molecule has 0 aliphatic rings. The number of carbonyl (C=O) groups is 2. The number of nitrogens with one attached hydrogen (secondary N) is 1. The zero-order valence-electron chi connectivity index (χ0n) is 19.6. The van der Waals surface area contributed by atoms with Gasteiger partial charge in [-0.15, -0.1) is 11.8 Å². The highest BCUT2D eigenvalue weighted by atomic mass is 35.5. The van der Waals surface area contributed by atoms with Crippen molar-refractivity contribution in [2.75, 3.05) is 5.75 Å². The third-order valence-corrected chi connectivity index (χ3v) is 6.53. The molecule has 0 aliphatic heterocycles. The minimum atomic E-state index is -0.670. The van der Waals surface area contributed by atoms with Crippen molar-refractivity contribution in [1.29, 1.82) is 0 Å². The summed E-state index contributed by atoms with van der Waals surface area (Å²) in [6.45, 7) is 11.8. The molecule has 32 heavy (non-hydrogen) atoms. The largest absolute Gasteiger partial charge is 0.350 e. The maximum Gasteiger partial charge on any atom is 0.242 e. The van der Waals surface area contributed by atoms with E-state index in [-0.39, 0.29) is 24.1 Å². The van der Waals surface area contributed by atoms with Gasteiger partial charge >= 0.3 is 0 Å². The van der Waals surface area contributed by atoms with Crippen LogP contribution in [-0.2, 0) is 21.9 Å². The Labute approximate surface area is 206 Å². The molecule has 1 atom stereocenters. The molecule has 0 aromatic heterocycles. The molecule has 1 N–H and O–H groups in total. The van der Waals surface area contributed by atoms with E-state index in [9.17, 15) is 9.59 Å². The van der Waals surface area contributed by atoms with E-state index in [0.717, 1.165) is 5.75 Å². The Morgan fingerprint density at radius 2 is 1.62 bits per heavy atom. The lowest BCUT2D eigenvalue weighted by atomic mass is 10.1. The van der Waals surface area contributed by atoms with Crippen molar-refractivity contribution in [2.24, 2.45) is 0 Å². The van der Waals surface area contributed by atoms with Crippen LogP contribution in [0.2, 0.25) is 10.0 Å². The van der Waals surface area contributed by atoms with Crippen LogP contribution in [0.1, 0.15) is 49.9 Å². The molecule has 174 valence electrons. The fourth-order valence-corrected chi connectivity index (χ4v) is 4.76. The van der Waals surface area contributed by atoms with Gasteiger partial charge in [-0.2, -0.15) is 0 Å². The van der Waals surface area contributed by atoms with Crippen molar-refractivity contribution >= 4 is 46.8 Å². The SMILES string of the molecule is Cc1cc(C)cc(CSCC(=O)N(Cc2c(Cl)cccc2Cl)[C@@H](C)C(=O)NC(C)(C)C)c1. The van der Waals surface area contributed by atoms with E-state index < -0.39 is 11.6 Å². The smallest absolute Gasteiger partial charge is 0.242 e. The molecule has 7 heteroatoms. The third kappa shape index (κ3) is 8.02. The van der Waals surface area contributed by atoms with E-state index in [2.05, 4.69) is 37.4 Å². The Kier molecular flexibility index (Phi) is 9.50. The highest BCUT2D eigenvalue weighted by Gasteiger charge is 2.29. The van der Waals surface area contributed by atoms with E-state index in [1.54, 1.807) is 30.0 Å². The number of hydrogen-bond acceptors (Lipinski definition) is 3. The molecule has 0 heterocycles. The van der Waals surface area contributed by atoms with Crippen LogP contribution >= 0.6 is 35.0 Å². The molecule has 2 aromatic carbocycles. The van der Waals surface area contributed by atoms with Crippen molar-refractivity contribution in [1.82, 2.24) is 10.2 Å². The van der Waals surface area contributed by atoms with Gasteiger partial charge in [-0.05, 0) is 59.2 Å². The van der Waals surface area contributed by atoms with Crippen LogP contribution in [0.15, 0.2) is 36.4 Å². The summed E-state index contributed by atoms with van der Waals surface area (Å²) in [5.41, 5.74) is 3.82. The first-order chi connectivity index (χ1) is 14.9. The molecule has 0 saturated heterocycles. The predicted molar refractivity (Wildman–Crippen MR) is 136 cm³/mol. The average Bonchev–Trinajstić information content (AvgIpc) is 2.65. The quantitative estimate of drug-likeness (QED) is 0.476. The first kappa shape index (κ1) is 26.6. The topological polar surface area (TPSA) is 49.4 Å². The Hall–Kier alpha value is -1.69. The van der Waals surface area contributed by atoms with Crippen molar-refractivity contribution in [3.05, 3.63) is 68.7 Å². The minimum absolute atomic E-state index is 0.132. The Morgan fingerprint density at radius 3 is 2.16 bits per heavy atom. The number of amides is 2. The summed E-state index contributed by atoms with van der Waals surface area (Å²) in [6, 6.07) is 11.0. The zero-order chi connectivity index (χ0) is 24.1. The summed E-state index contributed by atoms with van der Waals surface area (Å²) >= 11 is 14.2. The standard InChI is InChI=1S/C25H32Cl2N2O2S/c1-16-10-17(2)12-19(11-16)14-32-15-23(30)29(18(3)24(31)28-25(4,5)6)13-20-21(26)8-7-9-22(20)27/h7-12,18H,13-15H2,1-6H3,(H,28,31)/t18-/m0/s1. The second-order valence-electron chi connectivity index (χ2n) is 9.13. The normalized spacial score (nSPS) is 12.4. The Bertz CT molecular complexity index is 932. The van der Waals surface area contributed by atoms with Crippen LogP contribution < -0.4 is 5.32 Å². The van der Waals surface area contributed by atoms with Crippen LogP contribution in [0.4, 0.5) is 0 Å². The lowest BCUT2D eigenvalue weighted by Crippen LogP contribution is -2.52. The molecular weight excluding hydrogens is 463 g/mol. The van der Waals surface area contributed by atoms with E-state index in [1.807, 2.05) is 20.8 Å². The van der Waals surface area contributed by atoms with Gasteiger partial charge in [-0.1, -0.05) is 58.6 Å². The number of benzene rings is 2. The fourth-order valence-electron chi connectivity index (χ4n) is 3.40. The molecule has 2 amide bonds. The highest BCUT2D eigenvalue weighted by molar-refractivity contribution is 7.99. The molecular formula is C25H32Cl2N2O2S.